The van der Waals surface area contributed by atoms with Crippen LogP contribution in [0.1, 0.15) is 40.0 Å². The minimum absolute atomic E-state index is 0.194. The van der Waals surface area contributed by atoms with Crippen LogP contribution in [0.4, 0.5) is 5.69 Å². The fraction of sp³-hybridized carbons (Fsp3) is 0.625. The second-order valence-corrected chi connectivity index (χ2v) is 7.82. The predicted molar refractivity (Wildman–Crippen MR) is 88.9 cm³/mol. The van der Waals surface area contributed by atoms with Gasteiger partial charge in [-0.2, -0.15) is 0 Å². The van der Waals surface area contributed by atoms with E-state index in [0.717, 1.165) is 25.8 Å². The van der Waals surface area contributed by atoms with Crippen LogP contribution in [0.3, 0.4) is 0 Å². The highest BCUT2D eigenvalue weighted by atomic mass is 32.2. The van der Waals surface area contributed by atoms with E-state index in [2.05, 4.69) is 30.8 Å². The summed E-state index contributed by atoms with van der Waals surface area (Å²) >= 11 is 0. The molecule has 0 unspecified atom stereocenters. The highest BCUT2D eigenvalue weighted by molar-refractivity contribution is 7.89. The van der Waals surface area contributed by atoms with E-state index in [-0.39, 0.29) is 10.9 Å². The summed E-state index contributed by atoms with van der Waals surface area (Å²) in [6, 6.07) is 5.14. The molecule has 1 aromatic carbocycles. The molecule has 0 aromatic heterocycles. The number of hydrogen-bond acceptors (Lipinski definition) is 4. The fourth-order valence-electron chi connectivity index (χ4n) is 2.63. The maximum absolute atomic E-state index is 12.7. The predicted octanol–water partition coefficient (Wildman–Crippen LogP) is 2.98. The lowest BCUT2D eigenvalue weighted by Crippen LogP contribution is -2.37. The molecule has 1 heterocycles. The summed E-state index contributed by atoms with van der Waals surface area (Å²) in [5.41, 5.74) is 0.614. The molecule has 0 spiro atoms. The molecular weight excluding hydrogens is 300 g/mol. The lowest BCUT2D eigenvalue weighted by Gasteiger charge is -2.17. The third-order valence-electron chi connectivity index (χ3n) is 3.61. The molecule has 2 N–H and O–H groups in total. The van der Waals surface area contributed by atoms with Crippen LogP contribution < -0.4 is 14.8 Å². The molecule has 0 saturated carbocycles. The summed E-state index contributed by atoms with van der Waals surface area (Å²) in [6.45, 7) is 7.36. The van der Waals surface area contributed by atoms with Crippen molar-refractivity contribution in [2.24, 2.45) is 5.92 Å². The van der Waals surface area contributed by atoms with Gasteiger partial charge < -0.3 is 10.1 Å². The topological polar surface area (TPSA) is 67.4 Å². The first-order valence-electron chi connectivity index (χ1n) is 7.96. The van der Waals surface area contributed by atoms with Gasteiger partial charge in [0.2, 0.25) is 10.0 Å². The normalized spacial score (nSPS) is 20.1. The third-order valence-corrected chi connectivity index (χ3v) is 5.21. The quantitative estimate of drug-likeness (QED) is 0.789. The van der Waals surface area contributed by atoms with Crippen LogP contribution in [0.15, 0.2) is 23.1 Å². The summed E-state index contributed by atoms with van der Waals surface area (Å²) in [4.78, 5) is 0.234. The first-order valence-corrected chi connectivity index (χ1v) is 9.44. The van der Waals surface area contributed by atoms with Gasteiger partial charge in [0.15, 0.2) is 0 Å². The molecule has 0 saturated heterocycles. The van der Waals surface area contributed by atoms with Gasteiger partial charge >= 0.3 is 0 Å². The summed E-state index contributed by atoms with van der Waals surface area (Å²) < 4.78 is 34.0. The molecule has 1 aromatic rings. The lowest BCUT2D eigenvalue weighted by molar-refractivity contribution is 0.262. The second-order valence-electron chi connectivity index (χ2n) is 6.17. The Morgan fingerprint density at radius 2 is 2.18 bits per heavy atom. The fourth-order valence-corrected chi connectivity index (χ4v) is 4.18. The van der Waals surface area contributed by atoms with Crippen LogP contribution in [0, 0.1) is 5.92 Å². The number of rotatable bonds is 6. The average molecular weight is 326 g/mol. The van der Waals surface area contributed by atoms with Crippen molar-refractivity contribution < 1.29 is 13.2 Å². The van der Waals surface area contributed by atoms with Crippen LogP contribution >= 0.6 is 0 Å². The number of fused-ring (bicyclic) bond motifs is 1. The first kappa shape index (κ1) is 17.1. The van der Waals surface area contributed by atoms with Crippen molar-refractivity contribution in [3.8, 4) is 5.75 Å². The number of ether oxygens (including phenoxy) is 1. The smallest absolute Gasteiger partial charge is 0.246 e. The van der Waals surface area contributed by atoms with Gasteiger partial charge in [-0.1, -0.05) is 33.3 Å². The standard InChI is InChI=1S/C16H26N2O3S/c1-4-5-9-17-14-7-6-8-15-16(14)22(19,20)18-13(11-21-15)10-12(2)3/h6-8,12-13,17-18H,4-5,9-11H2,1-3H3/t13-/m1/s1. The number of nitrogens with one attached hydrogen (secondary N) is 2. The van der Waals surface area contributed by atoms with Crippen LogP contribution in [-0.2, 0) is 10.0 Å². The average Bonchev–Trinajstić information content (AvgIpc) is 2.55. The van der Waals surface area contributed by atoms with E-state index in [4.69, 9.17) is 4.74 Å². The molecule has 1 aliphatic rings. The first-order chi connectivity index (χ1) is 10.4. The van der Waals surface area contributed by atoms with E-state index in [1.54, 1.807) is 12.1 Å². The molecule has 0 aliphatic carbocycles. The number of sulfonamides is 1. The van der Waals surface area contributed by atoms with Crippen molar-refractivity contribution in [3.05, 3.63) is 18.2 Å². The Hall–Kier alpha value is -1.27. The van der Waals surface area contributed by atoms with Gasteiger partial charge in [0.1, 0.15) is 17.3 Å². The molecular formula is C16H26N2O3S. The zero-order valence-corrected chi connectivity index (χ0v) is 14.4. The minimum Gasteiger partial charge on any atom is -0.490 e. The molecule has 0 radical (unpaired) electrons. The van der Waals surface area contributed by atoms with Crippen LogP contribution in [-0.4, -0.2) is 27.6 Å². The number of unbranched alkanes of at least 4 members (excludes halogenated alkanes) is 1. The summed E-state index contributed by atoms with van der Waals surface area (Å²) in [6.07, 6.45) is 2.81. The third kappa shape index (κ3) is 4.14. The Bertz CT molecular complexity index is 599. The molecule has 1 atom stereocenters. The van der Waals surface area contributed by atoms with Crippen molar-refractivity contribution in [2.75, 3.05) is 18.5 Å². The monoisotopic (exact) mass is 326 g/mol. The molecule has 1 aliphatic heterocycles. The molecule has 0 fully saturated rings. The Morgan fingerprint density at radius 3 is 2.86 bits per heavy atom. The van der Waals surface area contributed by atoms with E-state index < -0.39 is 10.0 Å². The van der Waals surface area contributed by atoms with Gasteiger partial charge in [-0.25, -0.2) is 13.1 Å². The van der Waals surface area contributed by atoms with Gasteiger partial charge in [-0.15, -0.1) is 0 Å². The van der Waals surface area contributed by atoms with Gasteiger partial charge in [0.05, 0.1) is 11.7 Å². The maximum Gasteiger partial charge on any atom is 0.246 e. The van der Waals surface area contributed by atoms with Gasteiger partial charge in [-0.05, 0) is 30.9 Å². The van der Waals surface area contributed by atoms with Gasteiger partial charge in [0.25, 0.3) is 0 Å². The van der Waals surface area contributed by atoms with E-state index in [1.807, 2.05) is 6.07 Å². The summed E-state index contributed by atoms with van der Waals surface area (Å²) in [7, 11) is -3.58. The minimum atomic E-state index is -3.58. The Morgan fingerprint density at radius 1 is 1.41 bits per heavy atom. The highest BCUT2D eigenvalue weighted by Crippen LogP contribution is 2.33. The van der Waals surface area contributed by atoms with Gasteiger partial charge in [-0.3, -0.25) is 0 Å². The van der Waals surface area contributed by atoms with Crippen molar-refractivity contribution in [1.29, 1.82) is 0 Å². The molecule has 0 amide bonds. The lowest BCUT2D eigenvalue weighted by atomic mass is 10.1. The number of hydrogen-bond donors (Lipinski definition) is 2. The number of benzene rings is 1. The SMILES string of the molecule is CCCCNc1cccc2c1S(=O)(=O)N[C@H](CC(C)C)CO2. The molecule has 5 nitrogen and oxygen atoms in total. The largest absolute Gasteiger partial charge is 0.490 e. The Balaban J connectivity index is 2.30. The molecule has 124 valence electrons. The molecule has 0 bridgehead atoms. The zero-order valence-electron chi connectivity index (χ0n) is 13.6. The Kier molecular flexibility index (Phi) is 5.69. The second kappa shape index (κ2) is 7.33. The van der Waals surface area contributed by atoms with Crippen LogP contribution in [0.25, 0.3) is 0 Å². The molecule has 2 rings (SSSR count). The van der Waals surface area contributed by atoms with E-state index in [0.29, 0.717) is 24.0 Å². The van der Waals surface area contributed by atoms with E-state index >= 15 is 0 Å². The number of anilines is 1. The summed E-state index contributed by atoms with van der Waals surface area (Å²) in [5, 5.41) is 3.21. The Labute approximate surface area is 133 Å². The van der Waals surface area contributed by atoms with Crippen molar-refractivity contribution in [3.63, 3.8) is 0 Å². The maximum atomic E-state index is 12.7. The summed E-state index contributed by atoms with van der Waals surface area (Å²) in [5.74, 6) is 0.833. The zero-order chi connectivity index (χ0) is 16.2. The highest BCUT2D eigenvalue weighted by Gasteiger charge is 2.31. The molecule has 6 heteroatoms. The van der Waals surface area contributed by atoms with Crippen molar-refractivity contribution in [2.45, 2.75) is 51.0 Å². The van der Waals surface area contributed by atoms with Gasteiger partial charge in [0, 0.05) is 6.54 Å². The van der Waals surface area contributed by atoms with Crippen molar-refractivity contribution in [1.82, 2.24) is 4.72 Å². The molecule has 22 heavy (non-hydrogen) atoms. The van der Waals surface area contributed by atoms with E-state index in [1.165, 1.54) is 0 Å². The van der Waals surface area contributed by atoms with Crippen LogP contribution in [0.2, 0.25) is 0 Å². The van der Waals surface area contributed by atoms with Crippen molar-refractivity contribution >= 4 is 15.7 Å². The van der Waals surface area contributed by atoms with Crippen LogP contribution in [0.5, 0.6) is 5.75 Å². The van der Waals surface area contributed by atoms with E-state index in [9.17, 15) is 8.42 Å².